The Labute approximate surface area is 162 Å². The number of carbonyl (C=O) groups is 2. The second-order valence-corrected chi connectivity index (χ2v) is 6.98. The normalized spacial score (nSPS) is 12.2. The zero-order chi connectivity index (χ0) is 19.0. The van der Waals surface area contributed by atoms with Crippen molar-refractivity contribution in [2.45, 2.75) is 6.04 Å². The van der Waals surface area contributed by atoms with Gasteiger partial charge in [-0.25, -0.2) is 9.78 Å². The summed E-state index contributed by atoms with van der Waals surface area (Å²) in [5.41, 5.74) is 2.00. The van der Waals surface area contributed by atoms with Crippen molar-refractivity contribution < 1.29 is 14.7 Å². The van der Waals surface area contributed by atoms with E-state index < -0.39 is 17.9 Å². The minimum Gasteiger partial charge on any atom is -0.479 e. The Morgan fingerprint density at radius 3 is 2.70 bits per heavy atom. The number of imidazole rings is 1. The van der Waals surface area contributed by atoms with E-state index >= 15 is 0 Å². The number of halogens is 1. The average molecular weight is 424 g/mol. The van der Waals surface area contributed by atoms with Gasteiger partial charge in [-0.05, 0) is 28.5 Å². The molecule has 4 rings (SSSR count). The van der Waals surface area contributed by atoms with Crippen LogP contribution in [0.25, 0.3) is 21.8 Å². The molecule has 0 aliphatic rings. The van der Waals surface area contributed by atoms with Gasteiger partial charge in [-0.15, -0.1) is 0 Å². The lowest BCUT2D eigenvalue weighted by molar-refractivity contribution is -0.139. The highest BCUT2D eigenvalue weighted by atomic mass is 79.9. The Kier molecular flexibility index (Phi) is 4.37. The highest BCUT2D eigenvalue weighted by molar-refractivity contribution is 9.10. The molecule has 3 N–H and O–H groups in total. The second-order valence-electron chi connectivity index (χ2n) is 6.07. The summed E-state index contributed by atoms with van der Waals surface area (Å²) in [5.74, 6) is -1.64. The number of benzene rings is 3. The van der Waals surface area contributed by atoms with E-state index in [1.807, 2.05) is 30.3 Å². The van der Waals surface area contributed by atoms with Gasteiger partial charge in [0.2, 0.25) is 0 Å². The van der Waals surface area contributed by atoms with Crippen molar-refractivity contribution in [1.82, 2.24) is 15.3 Å². The van der Waals surface area contributed by atoms with E-state index in [-0.39, 0.29) is 0 Å². The number of rotatable bonds is 4. The Morgan fingerprint density at radius 2 is 1.89 bits per heavy atom. The number of H-pyrrole nitrogens is 1. The zero-order valence-corrected chi connectivity index (χ0v) is 15.5. The number of aromatic nitrogens is 2. The lowest BCUT2D eigenvalue weighted by Crippen LogP contribution is -2.34. The fourth-order valence-corrected chi connectivity index (χ4v) is 3.63. The van der Waals surface area contributed by atoms with Gasteiger partial charge in [-0.2, -0.15) is 0 Å². The first-order chi connectivity index (χ1) is 13.0. The van der Waals surface area contributed by atoms with Gasteiger partial charge < -0.3 is 15.4 Å². The molecule has 27 heavy (non-hydrogen) atoms. The van der Waals surface area contributed by atoms with Crippen LogP contribution in [0.2, 0.25) is 0 Å². The summed E-state index contributed by atoms with van der Waals surface area (Å²) in [6.45, 7) is 0. The number of hydrogen-bond donors (Lipinski definition) is 3. The van der Waals surface area contributed by atoms with Crippen LogP contribution in [0.3, 0.4) is 0 Å². The molecule has 1 aromatic heterocycles. The summed E-state index contributed by atoms with van der Waals surface area (Å²) in [6.07, 6.45) is 1.49. The maximum atomic E-state index is 12.9. The van der Waals surface area contributed by atoms with Crippen molar-refractivity contribution in [3.63, 3.8) is 0 Å². The van der Waals surface area contributed by atoms with Gasteiger partial charge in [0.25, 0.3) is 5.91 Å². The Balaban J connectivity index is 1.76. The lowest BCUT2D eigenvalue weighted by Gasteiger charge is -2.17. The highest BCUT2D eigenvalue weighted by Crippen LogP contribution is 2.26. The first-order valence-corrected chi connectivity index (χ1v) is 8.98. The van der Waals surface area contributed by atoms with E-state index in [2.05, 4.69) is 31.2 Å². The summed E-state index contributed by atoms with van der Waals surface area (Å²) in [6, 6.07) is 15.1. The molecular weight excluding hydrogens is 410 g/mol. The van der Waals surface area contributed by atoms with Crippen LogP contribution in [-0.4, -0.2) is 27.0 Å². The molecule has 6 nitrogen and oxygen atoms in total. The molecule has 4 aromatic rings. The quantitative estimate of drug-likeness (QED) is 0.461. The summed E-state index contributed by atoms with van der Waals surface area (Å²) < 4.78 is 0.696. The van der Waals surface area contributed by atoms with Crippen LogP contribution >= 0.6 is 15.9 Å². The number of hydrogen-bond acceptors (Lipinski definition) is 3. The molecule has 0 bridgehead atoms. The lowest BCUT2D eigenvalue weighted by atomic mass is 9.98. The third kappa shape index (κ3) is 3.17. The van der Waals surface area contributed by atoms with Crippen molar-refractivity contribution in [2.24, 2.45) is 0 Å². The highest BCUT2D eigenvalue weighted by Gasteiger charge is 2.25. The van der Waals surface area contributed by atoms with Gasteiger partial charge >= 0.3 is 5.97 Å². The van der Waals surface area contributed by atoms with Crippen molar-refractivity contribution >= 4 is 49.6 Å². The number of amides is 1. The number of nitrogens with one attached hydrogen (secondary N) is 2. The standard InChI is InChI=1S/C20H14BrN3O3/c21-12-8-15(17-16(9-12)22-10-23-17)19(25)24-18(20(26)27)14-7-3-5-11-4-1-2-6-13(11)14/h1-10,18H,(H,22,23)(H,24,25)(H,26,27). The van der Waals surface area contributed by atoms with Gasteiger partial charge in [0.15, 0.2) is 6.04 Å². The maximum Gasteiger partial charge on any atom is 0.330 e. The monoisotopic (exact) mass is 423 g/mol. The molecule has 0 saturated heterocycles. The van der Waals surface area contributed by atoms with Crippen LogP contribution in [0, 0.1) is 0 Å². The predicted octanol–water partition coefficient (Wildman–Crippen LogP) is 4.03. The molecule has 0 radical (unpaired) electrons. The van der Waals surface area contributed by atoms with Crippen LogP contribution in [0.4, 0.5) is 0 Å². The second kappa shape index (κ2) is 6.85. The third-order valence-electron chi connectivity index (χ3n) is 4.39. The first kappa shape index (κ1) is 17.2. The number of aliphatic carboxylic acids is 1. The first-order valence-electron chi connectivity index (χ1n) is 8.18. The Morgan fingerprint density at radius 1 is 1.11 bits per heavy atom. The number of carboxylic acid groups (broad SMARTS) is 1. The van der Waals surface area contributed by atoms with Crippen LogP contribution < -0.4 is 5.32 Å². The van der Waals surface area contributed by atoms with Crippen LogP contribution in [0.15, 0.2) is 65.4 Å². The van der Waals surface area contributed by atoms with E-state index in [1.54, 1.807) is 24.3 Å². The van der Waals surface area contributed by atoms with Crippen molar-refractivity contribution in [3.05, 3.63) is 76.5 Å². The fraction of sp³-hybridized carbons (Fsp3) is 0.0500. The Bertz CT molecular complexity index is 1180. The molecule has 1 amide bonds. The van der Waals surface area contributed by atoms with Crippen LogP contribution in [0.1, 0.15) is 22.0 Å². The number of carbonyl (C=O) groups excluding carboxylic acids is 1. The number of aromatic amines is 1. The van der Waals surface area contributed by atoms with Gasteiger partial charge in [0.1, 0.15) is 5.52 Å². The summed E-state index contributed by atoms with van der Waals surface area (Å²) in [4.78, 5) is 32.0. The van der Waals surface area contributed by atoms with Gasteiger partial charge in [-0.1, -0.05) is 58.4 Å². The van der Waals surface area contributed by atoms with E-state index in [9.17, 15) is 14.7 Å². The van der Waals surface area contributed by atoms with Gasteiger partial charge in [-0.3, -0.25) is 4.79 Å². The largest absolute Gasteiger partial charge is 0.479 e. The molecule has 0 aliphatic carbocycles. The van der Waals surface area contributed by atoms with Gasteiger partial charge in [0.05, 0.1) is 17.4 Å². The molecule has 0 spiro atoms. The predicted molar refractivity (Wildman–Crippen MR) is 106 cm³/mol. The third-order valence-corrected chi connectivity index (χ3v) is 4.85. The average Bonchev–Trinajstić information content (AvgIpc) is 3.13. The zero-order valence-electron chi connectivity index (χ0n) is 13.9. The van der Waals surface area contributed by atoms with E-state index in [4.69, 9.17) is 0 Å². The molecule has 0 aliphatic heterocycles. The molecule has 0 saturated carbocycles. The number of fused-ring (bicyclic) bond motifs is 2. The minimum atomic E-state index is -1.18. The van der Waals surface area contributed by atoms with Crippen LogP contribution in [0.5, 0.6) is 0 Å². The van der Waals surface area contributed by atoms with Crippen molar-refractivity contribution in [3.8, 4) is 0 Å². The summed E-state index contributed by atoms with van der Waals surface area (Å²) in [5, 5.41) is 14.1. The molecule has 134 valence electrons. The van der Waals surface area contributed by atoms with Crippen molar-refractivity contribution in [1.29, 1.82) is 0 Å². The smallest absolute Gasteiger partial charge is 0.330 e. The number of carboxylic acids is 1. The van der Waals surface area contributed by atoms with E-state index in [0.717, 1.165) is 10.8 Å². The summed E-state index contributed by atoms with van der Waals surface area (Å²) >= 11 is 3.36. The van der Waals surface area contributed by atoms with Crippen LogP contribution in [-0.2, 0) is 4.79 Å². The summed E-state index contributed by atoms with van der Waals surface area (Å²) in [7, 11) is 0. The molecule has 1 atom stereocenters. The SMILES string of the molecule is O=C(NC(C(=O)O)c1cccc2ccccc12)c1cc(Br)cc2[nH]cnc12. The Hall–Kier alpha value is -3.19. The molecule has 1 heterocycles. The van der Waals surface area contributed by atoms with E-state index in [1.165, 1.54) is 6.33 Å². The van der Waals surface area contributed by atoms with E-state index in [0.29, 0.717) is 26.6 Å². The fourth-order valence-electron chi connectivity index (χ4n) is 3.17. The maximum absolute atomic E-state index is 12.9. The molecule has 1 unspecified atom stereocenters. The minimum absolute atomic E-state index is 0.298. The number of nitrogens with zero attached hydrogens (tertiary/aromatic N) is 1. The molecule has 7 heteroatoms. The topological polar surface area (TPSA) is 95.1 Å². The molecular formula is C20H14BrN3O3. The van der Waals surface area contributed by atoms with Gasteiger partial charge in [0, 0.05) is 4.47 Å². The molecule has 0 fully saturated rings. The molecule has 3 aromatic carbocycles. The van der Waals surface area contributed by atoms with Crippen molar-refractivity contribution in [2.75, 3.05) is 0 Å².